The first-order chi connectivity index (χ1) is 17.8. The number of ether oxygens (including phenoxy) is 1. The summed E-state index contributed by atoms with van der Waals surface area (Å²) in [5, 5.41) is 8.76. The van der Waals surface area contributed by atoms with E-state index in [1.807, 2.05) is 30.3 Å². The number of hydrogen-bond acceptors (Lipinski definition) is 3. The predicted octanol–water partition coefficient (Wildman–Crippen LogP) is 7.53. The van der Waals surface area contributed by atoms with Gasteiger partial charge in [0.2, 0.25) is 0 Å². The van der Waals surface area contributed by atoms with E-state index in [1.165, 1.54) is 16.7 Å². The second kappa shape index (κ2) is 10.1. The lowest BCUT2D eigenvalue weighted by Crippen LogP contribution is -2.07. The summed E-state index contributed by atoms with van der Waals surface area (Å²) >= 11 is 0. The molecule has 0 bridgehead atoms. The van der Waals surface area contributed by atoms with Gasteiger partial charge in [0.05, 0.1) is 11.4 Å². The van der Waals surface area contributed by atoms with Gasteiger partial charge in [0, 0.05) is 17.7 Å². The molecule has 5 aromatic rings. The van der Waals surface area contributed by atoms with Gasteiger partial charge in [0.1, 0.15) is 18.2 Å². The van der Waals surface area contributed by atoms with E-state index in [0.29, 0.717) is 6.61 Å². The highest BCUT2D eigenvalue weighted by atomic mass is 16.5. The molecule has 1 N–H and O–H groups in total. The summed E-state index contributed by atoms with van der Waals surface area (Å²) in [6.07, 6.45) is 3.34. The van der Waals surface area contributed by atoms with Crippen molar-refractivity contribution in [3.05, 3.63) is 120 Å². The molecule has 0 fully saturated rings. The van der Waals surface area contributed by atoms with Crippen LogP contribution in [0.25, 0.3) is 28.1 Å². The second-order valence-electron chi connectivity index (χ2n) is 9.18. The van der Waals surface area contributed by atoms with Crippen molar-refractivity contribution < 1.29 is 4.74 Å². The molecule has 0 saturated heterocycles. The van der Waals surface area contributed by atoms with Crippen molar-refractivity contribution in [3.63, 3.8) is 0 Å². The summed E-state index contributed by atoms with van der Waals surface area (Å²) in [4.78, 5) is 0. The van der Waals surface area contributed by atoms with E-state index in [1.54, 1.807) is 0 Å². The van der Waals surface area contributed by atoms with Crippen molar-refractivity contribution in [2.24, 2.45) is 0 Å². The van der Waals surface area contributed by atoms with Crippen LogP contribution in [0.1, 0.15) is 24.0 Å². The Morgan fingerprint density at radius 1 is 0.694 bits per heavy atom. The van der Waals surface area contributed by atoms with Gasteiger partial charge in [-0.2, -0.15) is 5.10 Å². The fourth-order valence-corrected chi connectivity index (χ4v) is 4.80. The van der Waals surface area contributed by atoms with Gasteiger partial charge in [0.15, 0.2) is 0 Å². The van der Waals surface area contributed by atoms with Gasteiger partial charge in [-0.05, 0) is 60.2 Å². The van der Waals surface area contributed by atoms with Crippen LogP contribution in [0.3, 0.4) is 0 Å². The third-order valence-corrected chi connectivity index (χ3v) is 6.72. The Bertz CT molecular complexity index is 1420. The summed E-state index contributed by atoms with van der Waals surface area (Å²) in [5.41, 5.74) is 8.13. The van der Waals surface area contributed by atoms with Gasteiger partial charge in [-0.25, -0.2) is 4.68 Å². The molecule has 1 aromatic heterocycles. The fraction of sp³-hybridized carbons (Fsp3) is 0.156. The van der Waals surface area contributed by atoms with Crippen LogP contribution in [-0.4, -0.2) is 16.3 Å². The lowest BCUT2D eigenvalue weighted by molar-refractivity contribution is 0.306. The summed E-state index contributed by atoms with van der Waals surface area (Å²) in [6.45, 7) is 1.52. The van der Waals surface area contributed by atoms with Crippen molar-refractivity contribution in [2.75, 3.05) is 11.9 Å². The molecule has 1 aliphatic rings. The van der Waals surface area contributed by atoms with Gasteiger partial charge in [-0.1, -0.05) is 84.9 Å². The van der Waals surface area contributed by atoms with E-state index in [2.05, 4.69) is 88.9 Å². The molecule has 0 atom stereocenters. The number of anilines is 1. The highest BCUT2D eigenvalue weighted by Crippen LogP contribution is 2.35. The number of hydrogen-bond donors (Lipinski definition) is 1. The van der Waals surface area contributed by atoms with Crippen LogP contribution in [-0.2, 0) is 13.0 Å². The molecule has 4 nitrogen and oxygen atoms in total. The van der Waals surface area contributed by atoms with E-state index in [-0.39, 0.29) is 0 Å². The number of rotatable bonds is 6. The zero-order valence-corrected chi connectivity index (χ0v) is 20.2. The second-order valence-corrected chi connectivity index (χ2v) is 9.18. The van der Waals surface area contributed by atoms with Crippen LogP contribution < -0.4 is 10.1 Å². The van der Waals surface area contributed by atoms with E-state index in [0.717, 1.165) is 59.9 Å². The number of fused-ring (bicyclic) bond motifs is 1. The van der Waals surface area contributed by atoms with Gasteiger partial charge in [-0.3, -0.25) is 0 Å². The first-order valence-corrected chi connectivity index (χ1v) is 12.6. The maximum absolute atomic E-state index is 5.99. The monoisotopic (exact) mass is 471 g/mol. The van der Waals surface area contributed by atoms with E-state index < -0.39 is 0 Å². The first-order valence-electron chi connectivity index (χ1n) is 12.6. The molecule has 36 heavy (non-hydrogen) atoms. The fourth-order valence-electron chi connectivity index (χ4n) is 4.80. The minimum Gasteiger partial charge on any atom is -0.489 e. The molecule has 0 aliphatic carbocycles. The molecule has 4 aromatic carbocycles. The van der Waals surface area contributed by atoms with Crippen molar-refractivity contribution in [1.29, 1.82) is 0 Å². The number of nitrogens with zero attached hydrogens (tertiary/aromatic N) is 2. The number of aromatic nitrogens is 2. The zero-order valence-electron chi connectivity index (χ0n) is 20.2. The van der Waals surface area contributed by atoms with Gasteiger partial charge in [-0.15, -0.1) is 0 Å². The molecular weight excluding hydrogens is 442 g/mol. The maximum Gasteiger partial charge on any atom is 0.133 e. The third kappa shape index (κ3) is 4.63. The van der Waals surface area contributed by atoms with Crippen LogP contribution in [0.15, 0.2) is 109 Å². The highest BCUT2D eigenvalue weighted by Gasteiger charge is 2.21. The SMILES string of the molecule is c1ccc(COc2ccc(-n3nc(-c4ccc(-c5ccccc5)cc4)c4c3NCCCC4)cc2)cc1. The van der Waals surface area contributed by atoms with Crippen LogP contribution in [0.2, 0.25) is 0 Å². The molecule has 0 unspecified atom stereocenters. The molecule has 178 valence electrons. The molecule has 1 aliphatic heterocycles. The molecule has 0 spiro atoms. The Labute approximate surface area is 212 Å². The van der Waals surface area contributed by atoms with Crippen molar-refractivity contribution >= 4 is 5.82 Å². The Kier molecular flexibility index (Phi) is 6.24. The summed E-state index contributed by atoms with van der Waals surface area (Å²) in [5.74, 6) is 1.96. The summed E-state index contributed by atoms with van der Waals surface area (Å²) < 4.78 is 8.05. The van der Waals surface area contributed by atoms with E-state index in [9.17, 15) is 0 Å². The molecule has 2 heterocycles. The number of nitrogens with one attached hydrogen (secondary N) is 1. The normalized spacial score (nSPS) is 12.9. The lowest BCUT2D eigenvalue weighted by Gasteiger charge is -2.11. The Morgan fingerprint density at radius 3 is 2.11 bits per heavy atom. The Morgan fingerprint density at radius 2 is 1.36 bits per heavy atom. The van der Waals surface area contributed by atoms with E-state index >= 15 is 0 Å². The van der Waals surface area contributed by atoms with Gasteiger partial charge >= 0.3 is 0 Å². The van der Waals surface area contributed by atoms with Crippen molar-refractivity contribution in [1.82, 2.24) is 9.78 Å². The Balaban J connectivity index is 1.29. The minimum absolute atomic E-state index is 0.558. The van der Waals surface area contributed by atoms with Crippen LogP contribution in [0.4, 0.5) is 5.82 Å². The molecular formula is C32H29N3O. The largest absolute Gasteiger partial charge is 0.489 e. The molecule has 0 saturated carbocycles. The smallest absolute Gasteiger partial charge is 0.133 e. The average Bonchev–Trinajstić information content (AvgIpc) is 3.13. The first kappa shape index (κ1) is 22.2. The van der Waals surface area contributed by atoms with E-state index in [4.69, 9.17) is 9.84 Å². The van der Waals surface area contributed by atoms with Crippen molar-refractivity contribution in [3.8, 4) is 33.8 Å². The highest BCUT2D eigenvalue weighted by molar-refractivity contribution is 5.74. The standard InChI is InChI=1S/C32H29N3O/c1-3-9-24(10-4-1)23-36-29-20-18-28(19-21-29)35-32-30(13-7-8-22-33-32)31(34-35)27-16-14-26(15-17-27)25-11-5-2-6-12-25/h1-6,9-12,14-21,33H,7-8,13,22-23H2. The maximum atomic E-state index is 5.99. The molecule has 6 rings (SSSR count). The summed E-state index contributed by atoms with van der Waals surface area (Å²) in [7, 11) is 0. The topological polar surface area (TPSA) is 39.1 Å². The minimum atomic E-state index is 0.558. The molecule has 0 amide bonds. The Hall–Kier alpha value is -4.31. The zero-order chi connectivity index (χ0) is 24.2. The van der Waals surface area contributed by atoms with Crippen LogP contribution in [0.5, 0.6) is 5.75 Å². The average molecular weight is 472 g/mol. The van der Waals surface area contributed by atoms with Crippen LogP contribution >= 0.6 is 0 Å². The third-order valence-electron chi connectivity index (χ3n) is 6.72. The van der Waals surface area contributed by atoms with Gasteiger partial charge in [0.25, 0.3) is 0 Å². The number of benzene rings is 4. The van der Waals surface area contributed by atoms with Crippen molar-refractivity contribution in [2.45, 2.75) is 25.9 Å². The van der Waals surface area contributed by atoms with Crippen LogP contribution in [0, 0.1) is 0 Å². The summed E-state index contributed by atoms with van der Waals surface area (Å²) in [6, 6.07) is 37.7. The quantitative estimate of drug-likeness (QED) is 0.278. The molecule has 4 heteroatoms. The lowest BCUT2D eigenvalue weighted by atomic mass is 10.00. The molecule has 0 radical (unpaired) electrons. The van der Waals surface area contributed by atoms with Gasteiger partial charge < -0.3 is 10.1 Å². The predicted molar refractivity (Wildman–Crippen MR) is 147 cm³/mol.